The average molecular weight is 1190 g/mol. The van der Waals surface area contributed by atoms with Gasteiger partial charge in [-0.15, -0.1) is 0 Å². The Hall–Kier alpha value is -7.16. The summed E-state index contributed by atoms with van der Waals surface area (Å²) >= 11 is 6.18. The highest BCUT2D eigenvalue weighted by atomic mass is 35.5. The summed E-state index contributed by atoms with van der Waals surface area (Å²) in [4.78, 5) is 131. The van der Waals surface area contributed by atoms with Crippen molar-refractivity contribution in [3.8, 4) is 0 Å². The van der Waals surface area contributed by atoms with Crippen LogP contribution >= 0.6 is 11.6 Å². The molecule has 0 radical (unpaired) electrons. The zero-order valence-corrected chi connectivity index (χ0v) is 52.8. The SMILES string of the molecule is C/C=C(\C)[C@H]1OC(=O)C(C)(C)NC(=O)[C@H](C(C)CC)NC(=O)CN(C)C(=O)[C@@H](Cc2ccc(Cl)cc2)N(C)C(=O)[C@H](C)NC(=O)[C@@H](CC(C)C)OC(=O)/C(C)=C/C[C@H](OC(=O)N(C)CCCCCCN(C)C(=O)OCc2ccc(N)cc2)[C@@H]1C. The van der Waals surface area contributed by atoms with Gasteiger partial charge < -0.3 is 60.2 Å². The standard InChI is InChI=1S/C62H93ClN8O13/c1-16-39(5)52-55(74)67-62(10,11)59(78)84-53(40(6)17-2)42(8)49(83-61(80)69(13)33-21-19-18-20-32-68(12)60(79)81-37-45-25-29-47(64)30-26-45)31-22-41(7)58(77)82-50(34-38(3)4)54(73)65-43(9)56(75)71(15)48(35-44-23-27-46(63)28-24-44)57(76)70(14)36-51(72)66-52/h17,22-30,38-39,42-43,48-50,52-53H,16,18-21,31-37,64H2,1-15H3,(H,65,73)(H,66,72)(H,67,74)/b40-17+,41-22+/t39?,42-,43-,48+,49-,50+,52-,53+/m0/s1. The highest BCUT2D eigenvalue weighted by Gasteiger charge is 2.41. The van der Waals surface area contributed by atoms with Crippen molar-refractivity contribution < 1.29 is 62.1 Å². The minimum Gasteiger partial charge on any atom is -0.456 e. The van der Waals surface area contributed by atoms with Gasteiger partial charge in [-0.05, 0) is 114 Å². The highest BCUT2D eigenvalue weighted by Crippen LogP contribution is 2.28. The number of unbranched alkanes of at least 4 members (excludes halogenated alkanes) is 3. The predicted molar refractivity (Wildman–Crippen MR) is 322 cm³/mol. The summed E-state index contributed by atoms with van der Waals surface area (Å²) in [5.74, 6) is -6.52. The number of carbonyl (C=O) groups excluding carboxylic acids is 9. The van der Waals surface area contributed by atoms with Crippen LogP contribution < -0.4 is 21.7 Å². The summed E-state index contributed by atoms with van der Waals surface area (Å²) in [6.45, 7) is 18.7. The maximum atomic E-state index is 14.4. The maximum absolute atomic E-state index is 14.4. The molecule has 0 aliphatic carbocycles. The number of esters is 2. The topological polar surface area (TPSA) is 266 Å². The number of carbonyl (C=O) groups is 9. The van der Waals surface area contributed by atoms with E-state index in [1.807, 2.05) is 20.8 Å². The molecule has 0 spiro atoms. The molecule has 0 saturated heterocycles. The molecule has 21 nitrogen and oxygen atoms in total. The Morgan fingerprint density at radius 2 is 1.43 bits per heavy atom. The van der Waals surface area contributed by atoms with Gasteiger partial charge in [-0.2, -0.15) is 0 Å². The molecule has 22 heteroatoms. The van der Waals surface area contributed by atoms with Crippen molar-refractivity contribution in [3.05, 3.63) is 88.0 Å². The van der Waals surface area contributed by atoms with Gasteiger partial charge >= 0.3 is 24.1 Å². The van der Waals surface area contributed by atoms with Crippen LogP contribution in [-0.4, -0.2) is 163 Å². The molecule has 8 atom stereocenters. The third-order valence-corrected chi connectivity index (χ3v) is 15.3. The third-order valence-electron chi connectivity index (χ3n) is 15.0. The molecular formula is C62H93ClN8O13. The van der Waals surface area contributed by atoms with Gasteiger partial charge in [-0.25, -0.2) is 19.2 Å². The molecule has 3 rings (SSSR count). The molecule has 2 aromatic rings. The second-order valence-electron chi connectivity index (χ2n) is 23.1. The summed E-state index contributed by atoms with van der Waals surface area (Å²) in [7, 11) is 6.06. The quantitative estimate of drug-likeness (QED) is 0.0388. The molecule has 2 aromatic carbocycles. The molecule has 84 heavy (non-hydrogen) atoms. The van der Waals surface area contributed by atoms with Crippen molar-refractivity contribution in [1.29, 1.82) is 0 Å². The number of halogens is 1. The molecule has 7 amide bonds. The van der Waals surface area contributed by atoms with E-state index in [-0.39, 0.29) is 37.4 Å². The second-order valence-corrected chi connectivity index (χ2v) is 23.5. The Labute approximate surface area is 502 Å². The summed E-state index contributed by atoms with van der Waals surface area (Å²) in [5, 5.41) is 8.66. The fourth-order valence-electron chi connectivity index (χ4n) is 9.13. The highest BCUT2D eigenvalue weighted by molar-refractivity contribution is 6.30. The number of likely N-dealkylation sites (N-methyl/N-ethyl adjacent to an activating group) is 2. The van der Waals surface area contributed by atoms with Crippen LogP contribution in [0.4, 0.5) is 15.3 Å². The van der Waals surface area contributed by atoms with Crippen LogP contribution in [0.25, 0.3) is 0 Å². The Kier molecular flexibility index (Phi) is 28.7. The van der Waals surface area contributed by atoms with Crippen molar-refractivity contribution in [2.24, 2.45) is 17.8 Å². The Morgan fingerprint density at radius 1 is 0.845 bits per heavy atom. The lowest BCUT2D eigenvalue weighted by Gasteiger charge is -2.35. The molecule has 5 N–H and O–H groups in total. The molecule has 1 aliphatic heterocycles. The number of nitrogens with two attached hydrogens (primary N) is 1. The Morgan fingerprint density at radius 3 is 2.00 bits per heavy atom. The first-order valence-electron chi connectivity index (χ1n) is 28.9. The molecule has 466 valence electrons. The van der Waals surface area contributed by atoms with E-state index in [4.69, 9.17) is 36.3 Å². The van der Waals surface area contributed by atoms with E-state index in [0.29, 0.717) is 54.2 Å². The molecule has 0 bridgehead atoms. The largest absolute Gasteiger partial charge is 0.456 e. The number of anilines is 1. The minimum atomic E-state index is -1.69. The fraction of sp³-hybridized carbons (Fsp3) is 0.597. The maximum Gasteiger partial charge on any atom is 0.409 e. The van der Waals surface area contributed by atoms with Crippen LogP contribution in [0.5, 0.6) is 0 Å². The Bertz CT molecular complexity index is 2630. The number of allylic oxidation sites excluding steroid dienone is 1. The zero-order chi connectivity index (χ0) is 63.2. The van der Waals surface area contributed by atoms with Gasteiger partial charge in [0.15, 0.2) is 6.10 Å². The van der Waals surface area contributed by atoms with E-state index in [2.05, 4.69) is 16.0 Å². The van der Waals surface area contributed by atoms with Gasteiger partial charge in [0.25, 0.3) is 5.91 Å². The van der Waals surface area contributed by atoms with Gasteiger partial charge in [0.2, 0.25) is 23.6 Å². The molecule has 1 aliphatic rings. The van der Waals surface area contributed by atoms with Crippen LogP contribution in [0.3, 0.4) is 0 Å². The van der Waals surface area contributed by atoms with E-state index < -0.39 is 114 Å². The van der Waals surface area contributed by atoms with Crippen molar-refractivity contribution in [1.82, 2.24) is 35.6 Å². The third kappa shape index (κ3) is 22.4. The number of benzene rings is 2. The number of cyclic esters (lactones) is 2. The van der Waals surface area contributed by atoms with E-state index in [1.165, 1.54) is 62.6 Å². The first-order chi connectivity index (χ1) is 39.4. The number of ether oxygens (including phenoxy) is 4. The first-order valence-corrected chi connectivity index (χ1v) is 29.3. The van der Waals surface area contributed by atoms with Crippen molar-refractivity contribution in [2.45, 2.75) is 176 Å². The average Bonchev–Trinajstić information content (AvgIpc) is 3.08. The van der Waals surface area contributed by atoms with Crippen LogP contribution in [0.1, 0.15) is 132 Å². The number of rotatable bonds is 17. The second kappa shape index (κ2) is 34.0. The van der Waals surface area contributed by atoms with Crippen LogP contribution in [0, 0.1) is 17.8 Å². The zero-order valence-electron chi connectivity index (χ0n) is 52.0. The van der Waals surface area contributed by atoms with Crippen molar-refractivity contribution in [2.75, 3.05) is 53.6 Å². The fourth-order valence-corrected chi connectivity index (χ4v) is 9.26. The molecule has 0 saturated carbocycles. The first kappa shape index (κ1) is 71.1. The monoisotopic (exact) mass is 1190 g/mol. The lowest BCUT2D eigenvalue weighted by molar-refractivity contribution is -0.160. The molecule has 0 fully saturated rings. The molecule has 1 heterocycles. The van der Waals surface area contributed by atoms with E-state index in [9.17, 15) is 43.2 Å². The van der Waals surface area contributed by atoms with Crippen molar-refractivity contribution >= 4 is 70.9 Å². The number of nitrogens with one attached hydrogen (secondary N) is 3. The Balaban J connectivity index is 1.99. The van der Waals surface area contributed by atoms with Crippen LogP contribution in [-0.2, 0) is 65.5 Å². The minimum absolute atomic E-state index is 0.00713. The van der Waals surface area contributed by atoms with E-state index in [1.54, 1.807) is 96.4 Å². The number of hydrogen-bond donors (Lipinski definition) is 4. The summed E-state index contributed by atoms with van der Waals surface area (Å²) in [6.07, 6.45) is 1.92. The smallest absolute Gasteiger partial charge is 0.409 e. The molecule has 0 aromatic heterocycles. The summed E-state index contributed by atoms with van der Waals surface area (Å²) in [6, 6.07) is 10.2. The van der Waals surface area contributed by atoms with E-state index in [0.717, 1.165) is 23.3 Å². The van der Waals surface area contributed by atoms with Crippen molar-refractivity contribution in [3.63, 3.8) is 0 Å². The lowest BCUT2D eigenvalue weighted by Crippen LogP contribution is -2.60. The normalized spacial score (nSPS) is 23.2. The number of hydrogen-bond acceptors (Lipinski definition) is 14. The van der Waals surface area contributed by atoms with Crippen LogP contribution in [0.2, 0.25) is 5.02 Å². The predicted octanol–water partition coefficient (Wildman–Crippen LogP) is 7.77. The molecule has 1 unspecified atom stereocenters. The van der Waals surface area contributed by atoms with Gasteiger partial charge in [-0.3, -0.25) is 24.0 Å². The summed E-state index contributed by atoms with van der Waals surface area (Å²) in [5.41, 5.74) is 6.79. The lowest BCUT2D eigenvalue weighted by atomic mass is 9.90. The van der Waals surface area contributed by atoms with Gasteiger partial charge in [-0.1, -0.05) is 102 Å². The number of amides is 7. The summed E-state index contributed by atoms with van der Waals surface area (Å²) < 4.78 is 23.8. The van der Waals surface area contributed by atoms with Crippen LogP contribution in [0.15, 0.2) is 71.8 Å². The van der Waals surface area contributed by atoms with Gasteiger partial charge in [0.05, 0.1) is 6.54 Å². The number of nitrogen functional groups attached to an aromatic ring is 1. The van der Waals surface area contributed by atoms with E-state index >= 15 is 0 Å². The molecular weight excluding hydrogens is 1100 g/mol. The van der Waals surface area contributed by atoms with Gasteiger partial charge in [0, 0.05) is 76.3 Å². The number of nitrogens with zero attached hydrogens (tertiary/aromatic N) is 4. The van der Waals surface area contributed by atoms with Gasteiger partial charge in [0.1, 0.15) is 42.5 Å².